The van der Waals surface area contributed by atoms with E-state index < -0.39 is 0 Å². The molecule has 0 unspecified atom stereocenters. The van der Waals surface area contributed by atoms with Crippen molar-refractivity contribution in [2.45, 2.75) is 11.0 Å². The van der Waals surface area contributed by atoms with Crippen molar-refractivity contribution in [3.05, 3.63) is 78.4 Å². The van der Waals surface area contributed by atoms with Gasteiger partial charge < -0.3 is 4.42 Å². The minimum absolute atomic E-state index is 0.562. The first-order valence-corrected chi connectivity index (χ1v) is 8.36. The van der Waals surface area contributed by atoms with Gasteiger partial charge in [-0.05, 0) is 28.5 Å². The maximum atomic E-state index is 5.72. The van der Waals surface area contributed by atoms with Gasteiger partial charge in [-0.1, -0.05) is 72.4 Å². The highest BCUT2D eigenvalue weighted by atomic mass is 32.2. The number of aromatic nitrogens is 2. The minimum atomic E-state index is 0.562. The van der Waals surface area contributed by atoms with Crippen molar-refractivity contribution >= 4 is 22.5 Å². The molecule has 0 aliphatic rings. The standard InChI is InChI=1S/C19H14N2OS/c1-2-7-16(8-3-1)18-20-21-19(22-18)23-13-14-10-11-15-6-4-5-9-17(15)12-14/h1-12H,13H2. The molecule has 0 fully saturated rings. The van der Waals surface area contributed by atoms with Crippen LogP contribution in [0, 0.1) is 0 Å². The molecule has 0 amide bonds. The van der Waals surface area contributed by atoms with Gasteiger partial charge >= 0.3 is 0 Å². The maximum Gasteiger partial charge on any atom is 0.277 e. The SMILES string of the molecule is c1ccc(-c2nnc(SCc3ccc4ccccc4c3)o2)cc1. The average molecular weight is 318 g/mol. The summed E-state index contributed by atoms with van der Waals surface area (Å²) in [4.78, 5) is 0. The first-order chi connectivity index (χ1) is 11.4. The molecule has 0 atom stereocenters. The highest BCUT2D eigenvalue weighted by Gasteiger charge is 2.08. The quantitative estimate of drug-likeness (QED) is 0.486. The number of nitrogens with zero attached hydrogens (tertiary/aromatic N) is 2. The van der Waals surface area contributed by atoms with Crippen molar-refractivity contribution in [1.82, 2.24) is 10.2 Å². The van der Waals surface area contributed by atoms with Crippen LogP contribution in [0.5, 0.6) is 0 Å². The van der Waals surface area contributed by atoms with Crippen LogP contribution in [0.25, 0.3) is 22.2 Å². The van der Waals surface area contributed by atoms with Gasteiger partial charge in [-0.15, -0.1) is 10.2 Å². The number of hydrogen-bond acceptors (Lipinski definition) is 4. The fourth-order valence-electron chi connectivity index (χ4n) is 2.44. The van der Waals surface area contributed by atoms with Crippen LogP contribution in [-0.2, 0) is 5.75 Å². The molecule has 3 nitrogen and oxygen atoms in total. The Morgan fingerprint density at radius 1 is 0.783 bits per heavy atom. The second-order valence-corrected chi connectivity index (χ2v) is 6.14. The molecule has 0 aliphatic heterocycles. The van der Waals surface area contributed by atoms with Crippen LogP contribution >= 0.6 is 11.8 Å². The first-order valence-electron chi connectivity index (χ1n) is 7.38. The van der Waals surface area contributed by atoms with Crippen LogP contribution < -0.4 is 0 Å². The van der Waals surface area contributed by atoms with Crippen LogP contribution in [-0.4, -0.2) is 10.2 Å². The van der Waals surface area contributed by atoms with Crippen molar-refractivity contribution in [3.8, 4) is 11.5 Å². The number of thioether (sulfide) groups is 1. The van der Waals surface area contributed by atoms with E-state index in [0.717, 1.165) is 11.3 Å². The summed E-state index contributed by atoms with van der Waals surface area (Å²) in [6.07, 6.45) is 0. The Bertz CT molecular complexity index is 934. The molecule has 0 N–H and O–H groups in total. The molecule has 0 spiro atoms. The highest BCUT2D eigenvalue weighted by Crippen LogP contribution is 2.26. The average Bonchev–Trinajstić information content (AvgIpc) is 3.10. The van der Waals surface area contributed by atoms with Gasteiger partial charge in [0.15, 0.2) is 0 Å². The Kier molecular flexibility index (Phi) is 3.82. The molecule has 4 aromatic rings. The van der Waals surface area contributed by atoms with Gasteiger partial charge in [0.25, 0.3) is 5.22 Å². The Morgan fingerprint density at radius 2 is 1.57 bits per heavy atom. The van der Waals surface area contributed by atoms with E-state index in [1.807, 2.05) is 30.3 Å². The topological polar surface area (TPSA) is 38.9 Å². The minimum Gasteiger partial charge on any atom is -0.411 e. The van der Waals surface area contributed by atoms with E-state index in [9.17, 15) is 0 Å². The van der Waals surface area contributed by atoms with Gasteiger partial charge in [0, 0.05) is 11.3 Å². The lowest BCUT2D eigenvalue weighted by Gasteiger charge is -2.01. The third-order valence-corrected chi connectivity index (χ3v) is 4.49. The Labute approximate surface area is 138 Å². The van der Waals surface area contributed by atoms with E-state index in [0.29, 0.717) is 11.1 Å². The van der Waals surface area contributed by atoms with E-state index >= 15 is 0 Å². The zero-order chi connectivity index (χ0) is 15.5. The largest absolute Gasteiger partial charge is 0.411 e. The number of hydrogen-bond donors (Lipinski definition) is 0. The van der Waals surface area contributed by atoms with Gasteiger partial charge in [-0.3, -0.25) is 0 Å². The zero-order valence-electron chi connectivity index (χ0n) is 12.3. The molecule has 3 aromatic carbocycles. The first kappa shape index (κ1) is 14.0. The molecule has 23 heavy (non-hydrogen) atoms. The van der Waals surface area contributed by atoms with Crippen molar-refractivity contribution in [2.24, 2.45) is 0 Å². The van der Waals surface area contributed by atoms with Crippen molar-refractivity contribution in [2.75, 3.05) is 0 Å². The van der Waals surface area contributed by atoms with Crippen molar-refractivity contribution < 1.29 is 4.42 Å². The fraction of sp³-hybridized carbons (Fsp3) is 0.0526. The lowest BCUT2D eigenvalue weighted by Crippen LogP contribution is -1.81. The number of rotatable bonds is 4. The normalized spacial score (nSPS) is 11.0. The maximum absolute atomic E-state index is 5.72. The summed E-state index contributed by atoms with van der Waals surface area (Å²) in [5, 5.41) is 11.3. The second kappa shape index (κ2) is 6.26. The van der Waals surface area contributed by atoms with Crippen LogP contribution in [0.1, 0.15) is 5.56 Å². The van der Waals surface area contributed by atoms with E-state index in [1.54, 1.807) is 11.8 Å². The summed E-state index contributed by atoms with van der Waals surface area (Å²) < 4.78 is 5.72. The monoisotopic (exact) mass is 318 g/mol. The summed E-state index contributed by atoms with van der Waals surface area (Å²) >= 11 is 1.56. The van der Waals surface area contributed by atoms with Crippen LogP contribution in [0.2, 0.25) is 0 Å². The number of benzene rings is 3. The van der Waals surface area contributed by atoms with Crippen molar-refractivity contribution in [3.63, 3.8) is 0 Å². The Morgan fingerprint density at radius 3 is 2.43 bits per heavy atom. The molecule has 0 saturated heterocycles. The molecule has 1 aromatic heterocycles. The van der Waals surface area contributed by atoms with E-state index in [4.69, 9.17) is 4.42 Å². The third kappa shape index (κ3) is 3.12. The molecule has 0 radical (unpaired) electrons. The molecular formula is C19H14N2OS. The molecule has 112 valence electrons. The zero-order valence-corrected chi connectivity index (χ0v) is 13.2. The Balaban J connectivity index is 1.49. The lowest BCUT2D eigenvalue weighted by atomic mass is 10.1. The summed E-state index contributed by atoms with van der Waals surface area (Å²) in [5.41, 5.74) is 2.19. The second-order valence-electron chi connectivity index (χ2n) is 5.21. The third-order valence-electron chi connectivity index (χ3n) is 3.60. The van der Waals surface area contributed by atoms with Crippen molar-refractivity contribution in [1.29, 1.82) is 0 Å². The van der Waals surface area contributed by atoms with Gasteiger partial charge in [0.05, 0.1) is 0 Å². The molecule has 4 heteroatoms. The molecule has 0 saturated carbocycles. The molecular weight excluding hydrogens is 304 g/mol. The van der Waals surface area contributed by atoms with Gasteiger partial charge in [-0.2, -0.15) is 0 Å². The van der Waals surface area contributed by atoms with Gasteiger partial charge in [-0.25, -0.2) is 0 Å². The molecule has 0 bridgehead atoms. The van der Waals surface area contributed by atoms with E-state index in [1.165, 1.54) is 16.3 Å². The van der Waals surface area contributed by atoms with Crippen LogP contribution in [0.3, 0.4) is 0 Å². The summed E-state index contributed by atoms with van der Waals surface area (Å²) in [6.45, 7) is 0. The van der Waals surface area contributed by atoms with Gasteiger partial charge in [0.1, 0.15) is 0 Å². The fourth-order valence-corrected chi connectivity index (χ4v) is 3.15. The highest BCUT2D eigenvalue weighted by molar-refractivity contribution is 7.98. The van der Waals surface area contributed by atoms with Crippen LogP contribution in [0.15, 0.2) is 82.4 Å². The Hall–Kier alpha value is -2.59. The molecule has 0 aliphatic carbocycles. The molecule has 4 rings (SSSR count). The lowest BCUT2D eigenvalue weighted by molar-refractivity contribution is 0.466. The van der Waals surface area contributed by atoms with Gasteiger partial charge in [0.2, 0.25) is 5.89 Å². The van der Waals surface area contributed by atoms with E-state index in [2.05, 4.69) is 52.7 Å². The summed E-state index contributed by atoms with van der Waals surface area (Å²) in [7, 11) is 0. The summed E-state index contributed by atoms with van der Waals surface area (Å²) in [6, 6.07) is 24.7. The predicted molar refractivity (Wildman–Crippen MR) is 93.2 cm³/mol. The molecule has 1 heterocycles. The summed E-state index contributed by atoms with van der Waals surface area (Å²) in [5.74, 6) is 1.37. The predicted octanol–water partition coefficient (Wildman–Crippen LogP) is 5.18. The van der Waals surface area contributed by atoms with Crippen LogP contribution in [0.4, 0.5) is 0 Å². The van der Waals surface area contributed by atoms with E-state index in [-0.39, 0.29) is 0 Å². The smallest absolute Gasteiger partial charge is 0.277 e. The number of fused-ring (bicyclic) bond motifs is 1.